The van der Waals surface area contributed by atoms with Crippen LogP contribution in [0.3, 0.4) is 0 Å². The van der Waals surface area contributed by atoms with Crippen LogP contribution in [0, 0.1) is 10.1 Å². The zero-order valence-corrected chi connectivity index (χ0v) is 16.2. The number of hydrogen-bond donors (Lipinski definition) is 0. The Morgan fingerprint density at radius 3 is 2.38 bits per heavy atom. The highest BCUT2D eigenvalue weighted by atomic mass is 35.5. The molecule has 0 unspecified atom stereocenters. The van der Waals surface area contributed by atoms with Crippen molar-refractivity contribution in [1.29, 1.82) is 0 Å². The molecule has 0 aliphatic carbocycles. The van der Waals surface area contributed by atoms with Gasteiger partial charge in [0.1, 0.15) is 11.6 Å². The largest absolute Gasteiger partial charge is 0.461 e. The fraction of sp³-hybridized carbons (Fsp3) is 0.600. The summed E-state index contributed by atoms with van der Waals surface area (Å²) in [4.78, 5) is 43.6. The fourth-order valence-electron chi connectivity index (χ4n) is 1.90. The third-order valence-electron chi connectivity index (χ3n) is 3.15. The molecule has 0 N–H and O–H groups in total. The van der Waals surface area contributed by atoms with Crippen LogP contribution in [0.1, 0.15) is 45.1 Å². The molecular weight excluding hydrogens is 368 g/mol. The van der Waals surface area contributed by atoms with Crippen LogP contribution >= 0.6 is 11.6 Å². The Morgan fingerprint density at radius 1 is 1.35 bits per heavy atom. The summed E-state index contributed by atoms with van der Waals surface area (Å²) in [7, 11) is 1.40. The molecule has 11 heteroatoms. The maximum absolute atomic E-state index is 12.3. The van der Waals surface area contributed by atoms with Crippen LogP contribution in [0.2, 0.25) is 5.28 Å². The lowest BCUT2D eigenvalue weighted by atomic mass is 10.2. The maximum atomic E-state index is 12.3. The topological polar surface area (TPSA) is 125 Å². The molecule has 0 spiro atoms. The molecule has 0 saturated carbocycles. The Labute approximate surface area is 155 Å². The summed E-state index contributed by atoms with van der Waals surface area (Å²) in [5, 5.41) is 11.1. The molecule has 0 aliphatic rings. The van der Waals surface area contributed by atoms with E-state index in [1.807, 2.05) is 0 Å². The first-order valence-electron chi connectivity index (χ1n) is 7.73. The van der Waals surface area contributed by atoms with Gasteiger partial charge in [-0.15, -0.1) is 0 Å². The molecule has 1 heterocycles. The SMILES string of the molecule is CCOC(=O)c1nc(Cl)nc(N(C)[C@@H](C)C(=O)OC(C)(C)C)c1[N+](=O)[O-]. The minimum absolute atomic E-state index is 0.00288. The van der Waals surface area contributed by atoms with E-state index < -0.39 is 45.2 Å². The van der Waals surface area contributed by atoms with E-state index in [0.717, 1.165) is 0 Å². The van der Waals surface area contributed by atoms with Crippen molar-refractivity contribution in [2.45, 2.75) is 46.3 Å². The number of rotatable bonds is 6. The molecule has 0 saturated heterocycles. The lowest BCUT2D eigenvalue weighted by molar-refractivity contribution is -0.385. The van der Waals surface area contributed by atoms with Gasteiger partial charge < -0.3 is 14.4 Å². The molecule has 0 aromatic carbocycles. The minimum Gasteiger partial charge on any atom is -0.461 e. The Hall–Kier alpha value is -2.49. The van der Waals surface area contributed by atoms with E-state index >= 15 is 0 Å². The molecule has 1 aromatic heterocycles. The average molecular weight is 389 g/mol. The van der Waals surface area contributed by atoms with Gasteiger partial charge in [0.25, 0.3) is 0 Å². The summed E-state index contributed by atoms with van der Waals surface area (Å²) in [5.74, 6) is -1.93. The highest BCUT2D eigenvalue weighted by molar-refractivity contribution is 6.28. The number of anilines is 1. The van der Waals surface area contributed by atoms with Gasteiger partial charge in [-0.3, -0.25) is 10.1 Å². The van der Waals surface area contributed by atoms with Gasteiger partial charge in [0, 0.05) is 7.05 Å². The van der Waals surface area contributed by atoms with Gasteiger partial charge in [0.15, 0.2) is 0 Å². The smallest absolute Gasteiger partial charge is 0.364 e. The Kier molecular flexibility index (Phi) is 6.85. The number of likely N-dealkylation sites (N-methyl/N-ethyl adjacent to an activating group) is 1. The average Bonchev–Trinajstić information content (AvgIpc) is 2.50. The van der Waals surface area contributed by atoms with Gasteiger partial charge in [-0.2, -0.15) is 4.98 Å². The second-order valence-electron chi connectivity index (χ2n) is 6.31. The van der Waals surface area contributed by atoms with Crippen LogP contribution in [0.25, 0.3) is 0 Å². The van der Waals surface area contributed by atoms with Crippen LogP contribution in [0.5, 0.6) is 0 Å². The molecule has 1 aromatic rings. The first-order valence-corrected chi connectivity index (χ1v) is 8.11. The van der Waals surface area contributed by atoms with Gasteiger partial charge in [0.05, 0.1) is 11.5 Å². The van der Waals surface area contributed by atoms with E-state index in [1.165, 1.54) is 18.9 Å². The van der Waals surface area contributed by atoms with E-state index in [0.29, 0.717) is 0 Å². The lowest BCUT2D eigenvalue weighted by Gasteiger charge is -2.28. The van der Waals surface area contributed by atoms with Crippen LogP contribution in [-0.2, 0) is 14.3 Å². The van der Waals surface area contributed by atoms with E-state index in [1.54, 1.807) is 27.7 Å². The summed E-state index contributed by atoms with van der Waals surface area (Å²) in [6, 6.07) is -0.936. The second-order valence-corrected chi connectivity index (χ2v) is 6.65. The Morgan fingerprint density at radius 2 is 1.92 bits per heavy atom. The number of aromatic nitrogens is 2. The number of carbonyl (C=O) groups is 2. The molecule has 0 aliphatic heterocycles. The molecule has 0 bridgehead atoms. The monoisotopic (exact) mass is 388 g/mol. The number of carbonyl (C=O) groups excluding carboxylic acids is 2. The zero-order chi connectivity index (χ0) is 20.2. The van der Waals surface area contributed by atoms with E-state index in [9.17, 15) is 19.7 Å². The number of halogens is 1. The van der Waals surface area contributed by atoms with Gasteiger partial charge in [0.2, 0.25) is 16.8 Å². The predicted molar refractivity (Wildman–Crippen MR) is 93.4 cm³/mol. The number of ether oxygens (including phenoxy) is 2. The molecule has 0 amide bonds. The van der Waals surface area contributed by atoms with Crippen LogP contribution < -0.4 is 4.90 Å². The second kappa shape index (κ2) is 8.26. The van der Waals surface area contributed by atoms with Crippen molar-refractivity contribution in [3.8, 4) is 0 Å². The number of nitro groups is 1. The number of hydrogen-bond acceptors (Lipinski definition) is 9. The van der Waals surface area contributed by atoms with Crippen molar-refractivity contribution < 1.29 is 24.0 Å². The molecule has 0 fully saturated rings. The molecule has 0 radical (unpaired) electrons. The summed E-state index contributed by atoms with van der Waals surface area (Å²) in [6.45, 7) is 8.11. The third-order valence-corrected chi connectivity index (χ3v) is 3.32. The van der Waals surface area contributed by atoms with Crippen molar-refractivity contribution in [2.75, 3.05) is 18.6 Å². The molecule has 1 atom stereocenters. The first-order chi connectivity index (χ1) is 11.9. The fourth-order valence-corrected chi connectivity index (χ4v) is 2.07. The third kappa shape index (κ3) is 5.25. The number of nitrogens with zero attached hydrogens (tertiary/aromatic N) is 4. The maximum Gasteiger partial charge on any atom is 0.364 e. The van der Waals surface area contributed by atoms with Gasteiger partial charge >= 0.3 is 17.6 Å². The van der Waals surface area contributed by atoms with Crippen LogP contribution in [0.4, 0.5) is 11.5 Å². The molecule has 1 rings (SSSR count). The normalized spacial score (nSPS) is 12.3. The van der Waals surface area contributed by atoms with Crippen molar-refractivity contribution >= 4 is 35.0 Å². The quantitative estimate of drug-likeness (QED) is 0.312. The Bertz CT molecular complexity index is 719. The molecular formula is C15H21ClN4O6. The van der Waals surface area contributed by atoms with Crippen molar-refractivity contribution in [1.82, 2.24) is 9.97 Å². The summed E-state index contributed by atoms with van der Waals surface area (Å²) in [5.41, 5.74) is -2.03. The van der Waals surface area contributed by atoms with Gasteiger partial charge in [-0.25, -0.2) is 14.6 Å². The highest BCUT2D eigenvalue weighted by Gasteiger charge is 2.35. The van der Waals surface area contributed by atoms with E-state index in [4.69, 9.17) is 21.1 Å². The summed E-state index contributed by atoms with van der Waals surface area (Å²) >= 11 is 5.81. The van der Waals surface area contributed by atoms with E-state index in [-0.39, 0.29) is 12.4 Å². The van der Waals surface area contributed by atoms with Crippen molar-refractivity contribution in [3.05, 3.63) is 21.1 Å². The molecule has 144 valence electrons. The highest BCUT2D eigenvalue weighted by Crippen LogP contribution is 2.31. The zero-order valence-electron chi connectivity index (χ0n) is 15.4. The van der Waals surface area contributed by atoms with Crippen LogP contribution in [0.15, 0.2) is 0 Å². The first kappa shape index (κ1) is 21.6. The van der Waals surface area contributed by atoms with E-state index in [2.05, 4.69) is 9.97 Å². The minimum atomic E-state index is -1.01. The summed E-state index contributed by atoms with van der Waals surface area (Å²) < 4.78 is 10.1. The van der Waals surface area contributed by atoms with Crippen LogP contribution in [-0.4, -0.2) is 52.1 Å². The summed E-state index contributed by atoms with van der Waals surface area (Å²) in [6.07, 6.45) is 0. The van der Waals surface area contributed by atoms with Crippen molar-refractivity contribution in [3.63, 3.8) is 0 Å². The standard InChI is InChI=1S/C15H21ClN4O6/c1-7-25-13(22)9-10(20(23)24)11(18-14(16)17-9)19(6)8(2)12(21)26-15(3,4)5/h8H,7H2,1-6H3/t8-/m0/s1. The Balaban J connectivity index is 3.40. The van der Waals surface area contributed by atoms with Gasteiger partial charge in [-0.05, 0) is 46.2 Å². The lowest BCUT2D eigenvalue weighted by Crippen LogP contribution is -2.41. The molecule has 26 heavy (non-hydrogen) atoms. The number of esters is 2. The van der Waals surface area contributed by atoms with Gasteiger partial charge in [-0.1, -0.05) is 0 Å². The molecule has 10 nitrogen and oxygen atoms in total. The predicted octanol–water partition coefficient (Wildman–Crippen LogP) is 2.38. The van der Waals surface area contributed by atoms with Crippen molar-refractivity contribution in [2.24, 2.45) is 0 Å².